The third kappa shape index (κ3) is 7.08. The van der Waals surface area contributed by atoms with E-state index in [4.69, 9.17) is 44.3 Å². The maximum absolute atomic E-state index is 12.1. The molecule has 0 aliphatic rings. The molecule has 1 aromatic carbocycles. The fourth-order valence-electron chi connectivity index (χ4n) is 1.50. The van der Waals surface area contributed by atoms with E-state index in [1.54, 1.807) is 6.92 Å². The highest BCUT2D eigenvalue weighted by molar-refractivity contribution is 6.37. The second kappa shape index (κ2) is 8.87. The van der Waals surface area contributed by atoms with Gasteiger partial charge in [-0.05, 0) is 13.0 Å². The SMILES string of the molecule is CC(CCOC/C=C(\Cl)C(F)(F)F)Oc1c(Cl)cc(O)cc1Cl. The first-order valence-electron chi connectivity index (χ1n) is 6.46. The summed E-state index contributed by atoms with van der Waals surface area (Å²) in [4.78, 5) is 0. The van der Waals surface area contributed by atoms with Crippen molar-refractivity contribution in [3.05, 3.63) is 33.3 Å². The fourth-order valence-corrected chi connectivity index (χ4v) is 2.13. The normalized spacial score (nSPS) is 14.0. The lowest BCUT2D eigenvalue weighted by molar-refractivity contribution is -0.0851. The zero-order valence-corrected chi connectivity index (χ0v) is 14.2. The predicted octanol–water partition coefficient (Wildman–Crippen LogP) is 5.56. The Morgan fingerprint density at radius 1 is 1.30 bits per heavy atom. The number of phenolic OH excluding ortho intramolecular Hbond substituents is 1. The van der Waals surface area contributed by atoms with Gasteiger partial charge in [0.1, 0.15) is 10.8 Å². The molecule has 23 heavy (non-hydrogen) atoms. The molecule has 0 amide bonds. The van der Waals surface area contributed by atoms with Crippen LogP contribution in [0, 0.1) is 0 Å². The standard InChI is InChI=1S/C14H14Cl3F3O3/c1-8(2-4-22-5-3-12(17)14(18,19)20)23-13-10(15)6-9(21)7-11(13)16/h3,6-8,21H,2,4-5H2,1H3/b12-3-. The van der Waals surface area contributed by atoms with Gasteiger partial charge in [0.25, 0.3) is 0 Å². The van der Waals surface area contributed by atoms with Crippen LogP contribution in [0.2, 0.25) is 10.0 Å². The summed E-state index contributed by atoms with van der Waals surface area (Å²) >= 11 is 16.9. The number of hydrogen-bond donors (Lipinski definition) is 1. The van der Waals surface area contributed by atoms with Gasteiger partial charge in [0.15, 0.2) is 5.75 Å². The number of aromatic hydroxyl groups is 1. The lowest BCUT2D eigenvalue weighted by Gasteiger charge is -2.17. The van der Waals surface area contributed by atoms with E-state index < -0.39 is 11.2 Å². The number of halogens is 6. The molecule has 1 unspecified atom stereocenters. The largest absolute Gasteiger partial charge is 0.508 e. The van der Waals surface area contributed by atoms with E-state index in [1.807, 2.05) is 0 Å². The summed E-state index contributed by atoms with van der Waals surface area (Å²) in [6.07, 6.45) is -3.77. The number of allylic oxidation sites excluding steroid dienone is 1. The third-order valence-electron chi connectivity index (χ3n) is 2.62. The minimum absolute atomic E-state index is 0.0864. The quantitative estimate of drug-likeness (QED) is 0.617. The molecular formula is C14H14Cl3F3O3. The maximum atomic E-state index is 12.1. The molecule has 0 heterocycles. The number of ether oxygens (including phenoxy) is 2. The minimum Gasteiger partial charge on any atom is -0.508 e. The summed E-state index contributed by atoms with van der Waals surface area (Å²) in [7, 11) is 0. The molecule has 0 aliphatic carbocycles. The summed E-state index contributed by atoms with van der Waals surface area (Å²) in [6.45, 7) is 1.63. The molecule has 0 fully saturated rings. The summed E-state index contributed by atoms with van der Waals surface area (Å²) in [6, 6.07) is 2.58. The number of rotatable bonds is 7. The fraction of sp³-hybridized carbons (Fsp3) is 0.429. The highest BCUT2D eigenvalue weighted by Gasteiger charge is 2.31. The Hall–Kier alpha value is -0.820. The van der Waals surface area contributed by atoms with Gasteiger partial charge in [0.2, 0.25) is 0 Å². The van der Waals surface area contributed by atoms with Crippen molar-refractivity contribution in [3.63, 3.8) is 0 Å². The van der Waals surface area contributed by atoms with E-state index in [0.29, 0.717) is 6.42 Å². The highest BCUT2D eigenvalue weighted by atomic mass is 35.5. The molecule has 1 N–H and O–H groups in total. The summed E-state index contributed by atoms with van der Waals surface area (Å²) < 4.78 is 46.9. The number of phenols is 1. The summed E-state index contributed by atoms with van der Waals surface area (Å²) in [5, 5.41) is 8.41. The Bertz CT molecular complexity index is 539. The molecule has 130 valence electrons. The van der Waals surface area contributed by atoms with Crippen LogP contribution in [0.1, 0.15) is 13.3 Å². The zero-order chi connectivity index (χ0) is 17.6. The lowest BCUT2D eigenvalue weighted by Crippen LogP contribution is -2.15. The van der Waals surface area contributed by atoms with Crippen molar-refractivity contribution in [2.45, 2.75) is 25.6 Å². The van der Waals surface area contributed by atoms with Crippen molar-refractivity contribution >= 4 is 34.8 Å². The molecule has 0 spiro atoms. The molecule has 1 aromatic rings. The van der Waals surface area contributed by atoms with E-state index in [-0.39, 0.29) is 40.9 Å². The van der Waals surface area contributed by atoms with Gasteiger partial charge in [-0.1, -0.05) is 34.8 Å². The van der Waals surface area contributed by atoms with Crippen LogP contribution in [-0.2, 0) is 4.74 Å². The van der Waals surface area contributed by atoms with Crippen LogP contribution in [0.5, 0.6) is 11.5 Å². The summed E-state index contributed by atoms with van der Waals surface area (Å²) in [5.41, 5.74) is 0. The molecule has 0 saturated heterocycles. The molecule has 0 bridgehead atoms. The molecule has 0 radical (unpaired) electrons. The Morgan fingerprint density at radius 2 is 1.87 bits per heavy atom. The van der Waals surface area contributed by atoms with Gasteiger partial charge >= 0.3 is 6.18 Å². The first-order chi connectivity index (χ1) is 10.6. The molecule has 3 nitrogen and oxygen atoms in total. The third-order valence-corrected chi connectivity index (χ3v) is 3.55. The lowest BCUT2D eigenvalue weighted by atomic mass is 10.3. The molecule has 1 atom stereocenters. The molecule has 0 aromatic heterocycles. The first-order valence-corrected chi connectivity index (χ1v) is 7.60. The average molecular weight is 394 g/mol. The van der Waals surface area contributed by atoms with Crippen LogP contribution in [0.3, 0.4) is 0 Å². The zero-order valence-electron chi connectivity index (χ0n) is 12.0. The molecular weight excluding hydrogens is 380 g/mol. The van der Waals surface area contributed by atoms with Crippen LogP contribution in [-0.4, -0.2) is 30.6 Å². The van der Waals surface area contributed by atoms with Crippen molar-refractivity contribution < 1.29 is 27.8 Å². The van der Waals surface area contributed by atoms with Crippen molar-refractivity contribution in [2.75, 3.05) is 13.2 Å². The van der Waals surface area contributed by atoms with Gasteiger partial charge in [0, 0.05) is 18.6 Å². The van der Waals surface area contributed by atoms with Gasteiger partial charge in [-0.15, -0.1) is 0 Å². The van der Waals surface area contributed by atoms with Crippen molar-refractivity contribution in [1.82, 2.24) is 0 Å². The smallest absolute Gasteiger partial charge is 0.426 e. The van der Waals surface area contributed by atoms with E-state index in [1.165, 1.54) is 12.1 Å². The monoisotopic (exact) mass is 392 g/mol. The number of hydrogen-bond acceptors (Lipinski definition) is 3. The van der Waals surface area contributed by atoms with E-state index in [0.717, 1.165) is 6.08 Å². The predicted molar refractivity (Wildman–Crippen MR) is 83.6 cm³/mol. The summed E-state index contributed by atoms with van der Waals surface area (Å²) in [5.74, 6) is 0.135. The number of alkyl halides is 3. The van der Waals surface area contributed by atoms with Gasteiger partial charge in [0.05, 0.1) is 29.4 Å². The van der Waals surface area contributed by atoms with Crippen LogP contribution >= 0.6 is 34.8 Å². The Labute approximate surface area is 146 Å². The molecule has 1 rings (SSSR count). The Balaban J connectivity index is 2.40. The molecule has 0 aliphatic heterocycles. The topological polar surface area (TPSA) is 38.7 Å². The van der Waals surface area contributed by atoms with Crippen LogP contribution in [0.25, 0.3) is 0 Å². The van der Waals surface area contributed by atoms with Crippen molar-refractivity contribution in [2.24, 2.45) is 0 Å². The van der Waals surface area contributed by atoms with E-state index in [2.05, 4.69) is 0 Å². The maximum Gasteiger partial charge on any atom is 0.426 e. The van der Waals surface area contributed by atoms with Gasteiger partial charge in [-0.2, -0.15) is 13.2 Å². The van der Waals surface area contributed by atoms with Crippen LogP contribution in [0.4, 0.5) is 13.2 Å². The van der Waals surface area contributed by atoms with Crippen LogP contribution < -0.4 is 4.74 Å². The van der Waals surface area contributed by atoms with Crippen molar-refractivity contribution in [1.29, 1.82) is 0 Å². The minimum atomic E-state index is -4.56. The van der Waals surface area contributed by atoms with E-state index >= 15 is 0 Å². The first kappa shape index (κ1) is 20.2. The number of benzene rings is 1. The van der Waals surface area contributed by atoms with Gasteiger partial charge < -0.3 is 14.6 Å². The van der Waals surface area contributed by atoms with Gasteiger partial charge in [-0.25, -0.2) is 0 Å². The van der Waals surface area contributed by atoms with Gasteiger partial charge in [-0.3, -0.25) is 0 Å². The average Bonchev–Trinajstić information content (AvgIpc) is 2.41. The Kier molecular flexibility index (Phi) is 7.80. The van der Waals surface area contributed by atoms with E-state index in [9.17, 15) is 18.3 Å². The second-order valence-electron chi connectivity index (χ2n) is 4.58. The van der Waals surface area contributed by atoms with Crippen molar-refractivity contribution in [3.8, 4) is 11.5 Å². The second-order valence-corrected chi connectivity index (χ2v) is 5.80. The Morgan fingerprint density at radius 3 is 2.39 bits per heavy atom. The molecule has 9 heteroatoms. The molecule has 0 saturated carbocycles. The highest BCUT2D eigenvalue weighted by Crippen LogP contribution is 2.37. The van der Waals surface area contributed by atoms with Crippen LogP contribution in [0.15, 0.2) is 23.2 Å².